The van der Waals surface area contributed by atoms with Gasteiger partial charge in [0.25, 0.3) is 0 Å². The van der Waals surface area contributed by atoms with Gasteiger partial charge >= 0.3 is 13.5 Å². The standard InChI is InChI=1S/C12H16N3O7P/c1-2-3-7-5-15(12(17)14-11(7)13)10-4-8(9(6-16)21-10)22-23(18,19)20/h5,8-10,16H,4,6H2,1H3,(H2,13,14,17)(H2,18,19,20)/t8?,9-,10-/m1/s1. The van der Waals surface area contributed by atoms with Gasteiger partial charge in [-0.2, -0.15) is 4.98 Å². The second-order valence-electron chi connectivity index (χ2n) is 4.79. The monoisotopic (exact) mass is 345 g/mol. The molecule has 0 spiro atoms. The Labute approximate surface area is 131 Å². The fourth-order valence-corrected chi connectivity index (χ4v) is 2.82. The number of hydrogen-bond acceptors (Lipinski definition) is 7. The Morgan fingerprint density at radius 1 is 1.61 bits per heavy atom. The first-order valence-electron chi connectivity index (χ1n) is 6.57. The van der Waals surface area contributed by atoms with Gasteiger partial charge in [-0.25, -0.2) is 9.36 Å². The van der Waals surface area contributed by atoms with Crippen LogP contribution in [0.4, 0.5) is 5.82 Å². The maximum absolute atomic E-state index is 12.0. The summed E-state index contributed by atoms with van der Waals surface area (Å²) in [4.78, 5) is 33.4. The average molecular weight is 345 g/mol. The van der Waals surface area contributed by atoms with E-state index >= 15 is 0 Å². The van der Waals surface area contributed by atoms with E-state index in [0.717, 1.165) is 4.57 Å². The van der Waals surface area contributed by atoms with Crippen LogP contribution in [0.5, 0.6) is 0 Å². The average Bonchev–Trinajstić information content (AvgIpc) is 2.82. The minimum absolute atomic E-state index is 0.0275. The Balaban J connectivity index is 2.32. The van der Waals surface area contributed by atoms with E-state index in [1.54, 1.807) is 6.92 Å². The summed E-state index contributed by atoms with van der Waals surface area (Å²) in [7, 11) is -4.76. The van der Waals surface area contributed by atoms with Crippen molar-refractivity contribution in [2.45, 2.75) is 31.8 Å². The van der Waals surface area contributed by atoms with Gasteiger partial charge in [0.2, 0.25) is 0 Å². The number of phosphoric ester groups is 1. The minimum Gasteiger partial charge on any atom is -0.394 e. The van der Waals surface area contributed by atoms with Crippen LogP contribution in [0, 0.1) is 11.8 Å². The van der Waals surface area contributed by atoms with E-state index in [4.69, 9.17) is 20.3 Å². The van der Waals surface area contributed by atoms with Crippen molar-refractivity contribution in [1.29, 1.82) is 0 Å². The molecule has 1 unspecified atom stereocenters. The number of ether oxygens (including phenoxy) is 1. The minimum atomic E-state index is -4.76. The van der Waals surface area contributed by atoms with E-state index in [-0.39, 0.29) is 12.2 Å². The molecule has 23 heavy (non-hydrogen) atoms. The molecule has 1 aromatic rings. The Hall–Kier alpha value is -1.73. The molecule has 11 heteroatoms. The van der Waals surface area contributed by atoms with Crippen molar-refractivity contribution in [2.75, 3.05) is 12.3 Å². The third kappa shape index (κ3) is 4.17. The number of aromatic nitrogens is 2. The summed E-state index contributed by atoms with van der Waals surface area (Å²) in [5.41, 5.74) is 5.21. The summed E-state index contributed by atoms with van der Waals surface area (Å²) in [6.07, 6.45) is -1.68. The van der Waals surface area contributed by atoms with Crippen LogP contribution in [0.15, 0.2) is 11.0 Å². The molecule has 0 aromatic carbocycles. The highest BCUT2D eigenvalue weighted by molar-refractivity contribution is 7.46. The van der Waals surface area contributed by atoms with E-state index in [1.807, 2.05) is 0 Å². The Morgan fingerprint density at radius 3 is 2.87 bits per heavy atom. The van der Waals surface area contributed by atoms with E-state index in [0.29, 0.717) is 5.56 Å². The summed E-state index contributed by atoms with van der Waals surface area (Å²) >= 11 is 0. The summed E-state index contributed by atoms with van der Waals surface area (Å²) in [5, 5.41) is 9.25. The highest BCUT2D eigenvalue weighted by atomic mass is 31.2. The molecule has 1 aromatic heterocycles. The number of nitrogens with zero attached hydrogens (tertiary/aromatic N) is 2. The van der Waals surface area contributed by atoms with Crippen molar-refractivity contribution in [2.24, 2.45) is 0 Å². The van der Waals surface area contributed by atoms with Gasteiger partial charge in [-0.1, -0.05) is 5.92 Å². The second-order valence-corrected chi connectivity index (χ2v) is 5.98. The molecule has 1 aliphatic rings. The zero-order chi connectivity index (χ0) is 17.2. The number of nitrogen functional groups attached to an aromatic ring is 1. The van der Waals surface area contributed by atoms with Crippen molar-refractivity contribution < 1.29 is 28.7 Å². The van der Waals surface area contributed by atoms with Crippen LogP contribution in [0.3, 0.4) is 0 Å². The van der Waals surface area contributed by atoms with Gasteiger partial charge in [0.15, 0.2) is 0 Å². The predicted octanol–water partition coefficient (Wildman–Crippen LogP) is -1.05. The van der Waals surface area contributed by atoms with Crippen molar-refractivity contribution in [3.8, 4) is 11.8 Å². The molecule has 2 rings (SSSR count). The number of anilines is 1. The first-order chi connectivity index (χ1) is 10.7. The topological polar surface area (TPSA) is 157 Å². The van der Waals surface area contributed by atoms with Crippen molar-refractivity contribution in [3.05, 3.63) is 22.2 Å². The van der Waals surface area contributed by atoms with Crippen LogP contribution in [-0.4, -0.2) is 43.3 Å². The lowest BCUT2D eigenvalue weighted by molar-refractivity contribution is -0.0452. The molecule has 0 aliphatic carbocycles. The molecule has 5 N–H and O–H groups in total. The van der Waals surface area contributed by atoms with Crippen molar-refractivity contribution in [3.63, 3.8) is 0 Å². The molecule has 0 amide bonds. The summed E-state index contributed by atoms with van der Waals surface area (Å²) < 4.78 is 22.1. The lowest BCUT2D eigenvalue weighted by Crippen LogP contribution is -2.29. The Morgan fingerprint density at radius 2 is 2.30 bits per heavy atom. The summed E-state index contributed by atoms with van der Waals surface area (Å²) in [6, 6.07) is 0. The zero-order valence-corrected chi connectivity index (χ0v) is 13.0. The highest BCUT2D eigenvalue weighted by Crippen LogP contribution is 2.43. The molecule has 10 nitrogen and oxygen atoms in total. The molecule has 126 valence electrons. The Bertz CT molecular complexity index is 747. The van der Waals surface area contributed by atoms with Gasteiger partial charge in [-0.3, -0.25) is 9.09 Å². The fourth-order valence-electron chi connectivity index (χ4n) is 2.24. The normalized spacial score (nSPS) is 24.3. The van der Waals surface area contributed by atoms with Gasteiger partial charge in [-0.15, -0.1) is 5.92 Å². The number of aliphatic hydroxyl groups excluding tert-OH is 1. The molecule has 1 saturated heterocycles. The van der Waals surface area contributed by atoms with Crippen molar-refractivity contribution in [1.82, 2.24) is 9.55 Å². The van der Waals surface area contributed by atoms with Crippen LogP contribution in [-0.2, 0) is 13.8 Å². The van der Waals surface area contributed by atoms with Crippen LogP contribution in [0.25, 0.3) is 0 Å². The molecule has 0 radical (unpaired) electrons. The third-order valence-corrected chi connectivity index (χ3v) is 3.73. The zero-order valence-electron chi connectivity index (χ0n) is 12.1. The molecule has 0 saturated carbocycles. The van der Waals surface area contributed by atoms with E-state index < -0.39 is 38.6 Å². The first-order valence-corrected chi connectivity index (χ1v) is 8.10. The maximum atomic E-state index is 12.0. The lowest BCUT2D eigenvalue weighted by atomic mass is 10.2. The smallest absolute Gasteiger partial charge is 0.394 e. The number of aliphatic hydroxyl groups is 1. The Kier molecular flexibility index (Phi) is 5.21. The van der Waals surface area contributed by atoms with Crippen LogP contribution < -0.4 is 11.4 Å². The highest BCUT2D eigenvalue weighted by Gasteiger charge is 2.40. The van der Waals surface area contributed by atoms with Gasteiger partial charge in [-0.05, 0) is 6.92 Å². The van der Waals surface area contributed by atoms with Crippen LogP contribution in [0.2, 0.25) is 0 Å². The van der Waals surface area contributed by atoms with Crippen LogP contribution >= 0.6 is 7.82 Å². The summed E-state index contributed by atoms with van der Waals surface area (Å²) in [5.74, 6) is 5.28. The maximum Gasteiger partial charge on any atom is 0.469 e. The van der Waals surface area contributed by atoms with E-state index in [1.165, 1.54) is 6.20 Å². The number of phosphoric acid groups is 1. The molecular formula is C12H16N3O7P. The number of rotatable bonds is 4. The number of hydrogen-bond donors (Lipinski definition) is 4. The van der Waals surface area contributed by atoms with E-state index in [2.05, 4.69) is 21.3 Å². The molecule has 2 heterocycles. The third-order valence-electron chi connectivity index (χ3n) is 3.18. The second kappa shape index (κ2) is 6.80. The molecular weight excluding hydrogens is 329 g/mol. The van der Waals surface area contributed by atoms with E-state index in [9.17, 15) is 14.5 Å². The summed E-state index contributed by atoms with van der Waals surface area (Å²) in [6.45, 7) is 1.06. The SMILES string of the molecule is CC#Cc1cn([C@H]2CC(OP(=O)(O)O)[C@@H](CO)O2)c(=O)nc1N. The molecule has 0 bridgehead atoms. The quantitative estimate of drug-likeness (QED) is 0.395. The van der Waals surface area contributed by atoms with Crippen molar-refractivity contribution >= 4 is 13.6 Å². The van der Waals surface area contributed by atoms with Gasteiger partial charge in [0, 0.05) is 12.6 Å². The van der Waals surface area contributed by atoms with Crippen LogP contribution in [0.1, 0.15) is 25.1 Å². The molecule has 3 atom stereocenters. The van der Waals surface area contributed by atoms with Gasteiger partial charge < -0.3 is 25.4 Å². The molecule has 1 fully saturated rings. The first kappa shape index (κ1) is 17.6. The van der Waals surface area contributed by atoms with Gasteiger partial charge in [0.1, 0.15) is 24.3 Å². The largest absolute Gasteiger partial charge is 0.469 e. The van der Waals surface area contributed by atoms with Gasteiger partial charge in [0.05, 0.1) is 12.2 Å². The lowest BCUT2D eigenvalue weighted by Gasteiger charge is -2.16. The fraction of sp³-hybridized carbons (Fsp3) is 0.500. The predicted molar refractivity (Wildman–Crippen MR) is 78.0 cm³/mol. The molecule has 1 aliphatic heterocycles. The number of nitrogens with two attached hydrogens (primary N) is 1.